The summed E-state index contributed by atoms with van der Waals surface area (Å²) in [7, 11) is 0. The third-order valence-electron chi connectivity index (χ3n) is 2.28. The van der Waals surface area contributed by atoms with Gasteiger partial charge in [0.2, 0.25) is 0 Å². The fourth-order valence-corrected chi connectivity index (χ4v) is 1.41. The van der Waals surface area contributed by atoms with Gasteiger partial charge in [-0.3, -0.25) is 4.99 Å². The Labute approximate surface area is 126 Å². The summed E-state index contributed by atoms with van der Waals surface area (Å²) in [6.07, 6.45) is 0.947. The molecule has 18 heavy (non-hydrogen) atoms. The van der Waals surface area contributed by atoms with Gasteiger partial charge in [0.1, 0.15) is 0 Å². The molecule has 0 radical (unpaired) electrons. The van der Waals surface area contributed by atoms with E-state index >= 15 is 0 Å². The molecule has 0 aliphatic carbocycles. The van der Waals surface area contributed by atoms with Crippen LogP contribution in [0.5, 0.6) is 0 Å². The lowest BCUT2D eigenvalue weighted by molar-refractivity contribution is 0.155. The maximum atomic E-state index is 5.70. The molecule has 5 heteroatoms. The monoisotopic (exact) mass is 363 g/mol. The van der Waals surface area contributed by atoms with E-state index in [9.17, 15) is 0 Å². The van der Waals surface area contributed by atoms with Crippen molar-refractivity contribution in [2.24, 2.45) is 10.7 Å². The molecule has 0 saturated heterocycles. The van der Waals surface area contributed by atoms with E-state index in [0.29, 0.717) is 19.1 Å². The zero-order valence-corrected chi connectivity index (χ0v) is 13.1. The topological polar surface area (TPSA) is 59.6 Å². The van der Waals surface area contributed by atoms with Crippen LogP contribution in [0.4, 0.5) is 0 Å². The molecule has 0 fully saturated rings. The lowest BCUT2D eigenvalue weighted by atomic mass is 10.1. The van der Waals surface area contributed by atoms with Crippen molar-refractivity contribution in [3.8, 4) is 0 Å². The predicted octanol–water partition coefficient (Wildman–Crippen LogP) is 1.79. The van der Waals surface area contributed by atoms with Crippen LogP contribution >= 0.6 is 24.0 Å². The Morgan fingerprint density at radius 1 is 1.33 bits per heavy atom. The third kappa shape index (κ3) is 8.30. The fraction of sp³-hybridized carbons (Fsp3) is 0.462. The first-order chi connectivity index (χ1) is 8.33. The summed E-state index contributed by atoms with van der Waals surface area (Å²) in [6, 6.07) is 10.3. The average Bonchev–Trinajstić information content (AvgIpc) is 2.36. The SMILES string of the molecule is CCOCCN=C(N)NCCc1ccccc1.I. The van der Waals surface area contributed by atoms with Crippen LogP contribution in [0.25, 0.3) is 0 Å². The first-order valence-electron chi connectivity index (χ1n) is 5.98. The Morgan fingerprint density at radius 2 is 2.06 bits per heavy atom. The first kappa shape index (κ1) is 17.2. The van der Waals surface area contributed by atoms with Gasteiger partial charge in [-0.15, -0.1) is 24.0 Å². The maximum Gasteiger partial charge on any atom is 0.188 e. The fourth-order valence-electron chi connectivity index (χ4n) is 1.41. The Bertz CT molecular complexity index is 330. The van der Waals surface area contributed by atoms with E-state index in [1.807, 2.05) is 25.1 Å². The molecule has 0 aromatic heterocycles. The van der Waals surface area contributed by atoms with E-state index in [-0.39, 0.29) is 24.0 Å². The quantitative estimate of drug-likeness (QED) is 0.336. The lowest BCUT2D eigenvalue weighted by Gasteiger charge is -2.05. The molecule has 0 spiro atoms. The standard InChI is InChI=1S/C13H21N3O.HI/c1-2-17-11-10-16-13(14)15-9-8-12-6-4-3-5-7-12;/h3-7H,2,8-11H2,1H3,(H3,14,15,16);1H. The highest BCUT2D eigenvalue weighted by Crippen LogP contribution is 1.97. The molecular weight excluding hydrogens is 341 g/mol. The Hall–Kier alpha value is -0.820. The Kier molecular flexibility index (Phi) is 10.8. The van der Waals surface area contributed by atoms with E-state index in [2.05, 4.69) is 22.4 Å². The van der Waals surface area contributed by atoms with Gasteiger partial charge in [0.05, 0.1) is 13.2 Å². The van der Waals surface area contributed by atoms with Crippen LogP contribution in [-0.2, 0) is 11.2 Å². The van der Waals surface area contributed by atoms with Crippen LogP contribution in [0.2, 0.25) is 0 Å². The predicted molar refractivity (Wildman–Crippen MR) is 86.5 cm³/mol. The second kappa shape index (κ2) is 11.3. The third-order valence-corrected chi connectivity index (χ3v) is 2.28. The summed E-state index contributed by atoms with van der Waals surface area (Å²) in [5.74, 6) is 0.487. The number of guanidine groups is 1. The van der Waals surface area contributed by atoms with Crippen LogP contribution in [-0.4, -0.2) is 32.3 Å². The molecule has 1 aromatic rings. The van der Waals surface area contributed by atoms with Gasteiger partial charge in [0, 0.05) is 13.2 Å². The van der Waals surface area contributed by atoms with E-state index in [0.717, 1.165) is 19.6 Å². The zero-order chi connectivity index (χ0) is 12.3. The van der Waals surface area contributed by atoms with Gasteiger partial charge in [0.25, 0.3) is 0 Å². The van der Waals surface area contributed by atoms with Crippen molar-refractivity contribution >= 4 is 29.9 Å². The summed E-state index contributed by atoms with van der Waals surface area (Å²) >= 11 is 0. The zero-order valence-electron chi connectivity index (χ0n) is 10.8. The number of nitrogens with two attached hydrogens (primary N) is 1. The Morgan fingerprint density at radius 3 is 2.72 bits per heavy atom. The van der Waals surface area contributed by atoms with Crippen LogP contribution < -0.4 is 11.1 Å². The van der Waals surface area contributed by atoms with E-state index < -0.39 is 0 Å². The van der Waals surface area contributed by atoms with Crippen molar-refractivity contribution in [1.29, 1.82) is 0 Å². The second-order valence-corrected chi connectivity index (χ2v) is 3.63. The second-order valence-electron chi connectivity index (χ2n) is 3.63. The van der Waals surface area contributed by atoms with Gasteiger partial charge >= 0.3 is 0 Å². The summed E-state index contributed by atoms with van der Waals surface area (Å²) in [4.78, 5) is 4.15. The number of aliphatic imine (C=N–C) groups is 1. The van der Waals surface area contributed by atoms with Crippen molar-refractivity contribution in [2.45, 2.75) is 13.3 Å². The van der Waals surface area contributed by atoms with Crippen molar-refractivity contribution in [3.05, 3.63) is 35.9 Å². The molecular formula is C13H22IN3O. The van der Waals surface area contributed by atoms with Crippen molar-refractivity contribution < 1.29 is 4.74 Å². The molecule has 1 aromatic carbocycles. The Balaban J connectivity index is 0.00000289. The molecule has 0 atom stereocenters. The molecule has 0 amide bonds. The molecule has 0 aliphatic rings. The minimum atomic E-state index is 0. The number of nitrogens with one attached hydrogen (secondary N) is 1. The van der Waals surface area contributed by atoms with Crippen molar-refractivity contribution in [1.82, 2.24) is 5.32 Å². The van der Waals surface area contributed by atoms with Crippen molar-refractivity contribution in [2.75, 3.05) is 26.3 Å². The molecule has 1 rings (SSSR count). The van der Waals surface area contributed by atoms with Gasteiger partial charge in [-0.05, 0) is 18.9 Å². The molecule has 3 N–H and O–H groups in total. The van der Waals surface area contributed by atoms with Gasteiger partial charge in [-0.25, -0.2) is 0 Å². The van der Waals surface area contributed by atoms with Gasteiger partial charge in [-0.1, -0.05) is 30.3 Å². The first-order valence-corrected chi connectivity index (χ1v) is 5.98. The number of hydrogen-bond acceptors (Lipinski definition) is 2. The van der Waals surface area contributed by atoms with Crippen LogP contribution in [0.3, 0.4) is 0 Å². The normalized spacial score (nSPS) is 10.8. The molecule has 0 aliphatic heterocycles. The van der Waals surface area contributed by atoms with Crippen LogP contribution in [0, 0.1) is 0 Å². The maximum absolute atomic E-state index is 5.70. The molecule has 4 nitrogen and oxygen atoms in total. The van der Waals surface area contributed by atoms with Gasteiger partial charge in [-0.2, -0.15) is 0 Å². The molecule has 0 heterocycles. The molecule has 0 bridgehead atoms. The number of halogens is 1. The van der Waals surface area contributed by atoms with E-state index in [1.165, 1.54) is 5.56 Å². The highest BCUT2D eigenvalue weighted by Gasteiger charge is 1.93. The number of hydrogen-bond donors (Lipinski definition) is 2. The number of benzene rings is 1. The summed E-state index contributed by atoms with van der Waals surface area (Å²) in [5, 5.41) is 3.08. The largest absolute Gasteiger partial charge is 0.380 e. The summed E-state index contributed by atoms with van der Waals surface area (Å²) in [5.41, 5.74) is 7.00. The van der Waals surface area contributed by atoms with Crippen molar-refractivity contribution in [3.63, 3.8) is 0 Å². The minimum Gasteiger partial charge on any atom is -0.380 e. The van der Waals surface area contributed by atoms with Crippen LogP contribution in [0.1, 0.15) is 12.5 Å². The number of ether oxygens (including phenoxy) is 1. The summed E-state index contributed by atoms with van der Waals surface area (Å²) in [6.45, 7) is 4.71. The number of rotatable bonds is 7. The molecule has 0 unspecified atom stereocenters. The highest BCUT2D eigenvalue weighted by atomic mass is 127. The average molecular weight is 363 g/mol. The smallest absolute Gasteiger partial charge is 0.188 e. The lowest BCUT2D eigenvalue weighted by Crippen LogP contribution is -2.33. The van der Waals surface area contributed by atoms with Crippen LogP contribution in [0.15, 0.2) is 35.3 Å². The number of nitrogens with zero attached hydrogens (tertiary/aromatic N) is 1. The van der Waals surface area contributed by atoms with Gasteiger partial charge in [0.15, 0.2) is 5.96 Å². The minimum absolute atomic E-state index is 0. The van der Waals surface area contributed by atoms with Gasteiger partial charge < -0.3 is 15.8 Å². The highest BCUT2D eigenvalue weighted by molar-refractivity contribution is 14.0. The van der Waals surface area contributed by atoms with E-state index in [4.69, 9.17) is 10.5 Å². The molecule has 0 saturated carbocycles. The summed E-state index contributed by atoms with van der Waals surface area (Å²) < 4.78 is 5.17. The van der Waals surface area contributed by atoms with E-state index in [1.54, 1.807) is 0 Å². The molecule has 102 valence electrons.